The molecule has 178 valence electrons. The van der Waals surface area contributed by atoms with Crippen LogP contribution in [0.25, 0.3) is 10.9 Å². The van der Waals surface area contributed by atoms with Crippen LogP contribution in [0.2, 0.25) is 0 Å². The molecule has 0 radical (unpaired) electrons. The summed E-state index contributed by atoms with van der Waals surface area (Å²) in [5.74, 6) is 2.53. The molecule has 5 rings (SSSR count). The van der Waals surface area contributed by atoms with E-state index in [9.17, 15) is 4.79 Å². The molecule has 2 aliphatic rings. The normalized spacial score (nSPS) is 16.5. The van der Waals surface area contributed by atoms with Crippen LogP contribution in [0, 0.1) is 0 Å². The highest BCUT2D eigenvalue weighted by atomic mass is 16.5. The molecule has 2 aliphatic heterocycles. The lowest BCUT2D eigenvalue weighted by Crippen LogP contribution is -2.35. The predicted molar refractivity (Wildman–Crippen MR) is 136 cm³/mol. The van der Waals surface area contributed by atoms with Gasteiger partial charge >= 0.3 is 0 Å². The lowest BCUT2D eigenvalue weighted by Gasteiger charge is -2.27. The minimum atomic E-state index is 0.119. The van der Waals surface area contributed by atoms with Gasteiger partial charge in [-0.05, 0) is 74.9 Å². The van der Waals surface area contributed by atoms with Gasteiger partial charge in [-0.2, -0.15) is 4.98 Å². The number of ether oxygens (including phenoxy) is 1. The molecule has 0 bridgehead atoms. The number of nitrogens with one attached hydrogen (secondary N) is 1. The first-order chi connectivity index (χ1) is 16.8. The van der Waals surface area contributed by atoms with Gasteiger partial charge in [-0.15, -0.1) is 0 Å². The fourth-order valence-electron chi connectivity index (χ4n) is 4.75. The Kier molecular flexibility index (Phi) is 7.08. The molecule has 2 fully saturated rings. The maximum Gasteiger partial charge on any atom is 0.253 e. The summed E-state index contributed by atoms with van der Waals surface area (Å²) in [6, 6.07) is 15.6. The highest BCUT2D eigenvalue weighted by molar-refractivity contribution is 5.94. The number of amides is 1. The topological polar surface area (TPSA) is 70.6 Å². The highest BCUT2D eigenvalue weighted by Gasteiger charge is 2.18. The molecule has 34 heavy (non-hydrogen) atoms. The maximum absolute atomic E-state index is 12.6. The lowest BCUT2D eigenvalue weighted by atomic mass is 10.1. The van der Waals surface area contributed by atoms with Crippen LogP contribution in [0.3, 0.4) is 0 Å². The molecule has 2 saturated heterocycles. The monoisotopic (exact) mass is 459 g/mol. The second-order valence-electron chi connectivity index (χ2n) is 9.09. The average Bonchev–Trinajstić information content (AvgIpc) is 2.92. The molecule has 7 heteroatoms. The molecule has 3 heterocycles. The number of carbonyl (C=O) groups excluding carboxylic acids is 1. The Labute approximate surface area is 201 Å². The van der Waals surface area contributed by atoms with Crippen LogP contribution in [0.4, 0.5) is 11.8 Å². The number of carbonyl (C=O) groups is 1. The summed E-state index contributed by atoms with van der Waals surface area (Å²) in [7, 11) is 0. The Morgan fingerprint density at radius 3 is 2.32 bits per heavy atom. The third kappa shape index (κ3) is 5.24. The molecular formula is C27H33N5O2. The minimum absolute atomic E-state index is 0.119. The number of hydrogen-bond acceptors (Lipinski definition) is 6. The van der Waals surface area contributed by atoms with Gasteiger partial charge < -0.3 is 19.9 Å². The smallest absolute Gasteiger partial charge is 0.253 e. The first-order valence-electron chi connectivity index (χ1n) is 12.6. The van der Waals surface area contributed by atoms with Crippen molar-refractivity contribution in [2.45, 2.75) is 38.5 Å². The number of nitrogens with zero attached hydrogens (tertiary/aromatic N) is 4. The standard InChI is InChI=1S/C27H33N5O2/c33-26(31-16-5-1-6-17-31)21-11-13-22(14-12-21)34-20-15-28-25-23-9-3-4-10-24(23)29-27(30-25)32-18-7-2-8-19-32/h3-4,9-14H,1-2,5-8,15-20H2,(H,28,29,30). The van der Waals surface area contributed by atoms with Crippen molar-refractivity contribution >= 4 is 28.6 Å². The number of anilines is 2. The summed E-state index contributed by atoms with van der Waals surface area (Å²) < 4.78 is 5.93. The van der Waals surface area contributed by atoms with Gasteiger partial charge in [-0.25, -0.2) is 4.98 Å². The summed E-state index contributed by atoms with van der Waals surface area (Å²) in [4.78, 5) is 26.5. The molecule has 2 aromatic carbocycles. The van der Waals surface area contributed by atoms with Crippen LogP contribution in [0.5, 0.6) is 5.75 Å². The molecule has 0 spiro atoms. The van der Waals surface area contributed by atoms with Gasteiger partial charge in [0.05, 0.1) is 12.1 Å². The van der Waals surface area contributed by atoms with Crippen LogP contribution in [-0.2, 0) is 0 Å². The Balaban J connectivity index is 1.19. The van der Waals surface area contributed by atoms with Gasteiger partial charge in [-0.3, -0.25) is 4.79 Å². The molecule has 0 atom stereocenters. The molecule has 0 aliphatic carbocycles. The molecule has 0 unspecified atom stereocenters. The number of likely N-dealkylation sites (tertiary alicyclic amines) is 1. The Hall–Kier alpha value is -3.35. The van der Waals surface area contributed by atoms with E-state index in [4.69, 9.17) is 14.7 Å². The van der Waals surface area contributed by atoms with E-state index in [0.29, 0.717) is 13.2 Å². The van der Waals surface area contributed by atoms with E-state index in [2.05, 4.69) is 16.3 Å². The zero-order valence-electron chi connectivity index (χ0n) is 19.7. The lowest BCUT2D eigenvalue weighted by molar-refractivity contribution is 0.0724. The van der Waals surface area contributed by atoms with Gasteiger partial charge in [0.2, 0.25) is 5.95 Å². The largest absolute Gasteiger partial charge is 0.492 e. The van der Waals surface area contributed by atoms with Crippen molar-refractivity contribution < 1.29 is 9.53 Å². The van der Waals surface area contributed by atoms with Crippen LogP contribution >= 0.6 is 0 Å². The quantitative estimate of drug-likeness (QED) is 0.515. The van der Waals surface area contributed by atoms with Crippen LogP contribution in [-0.4, -0.2) is 60.1 Å². The number of para-hydroxylation sites is 1. The van der Waals surface area contributed by atoms with E-state index in [-0.39, 0.29) is 5.91 Å². The predicted octanol–water partition coefficient (Wildman–Crippen LogP) is 4.74. The highest BCUT2D eigenvalue weighted by Crippen LogP contribution is 2.25. The number of aromatic nitrogens is 2. The van der Waals surface area contributed by atoms with E-state index >= 15 is 0 Å². The second kappa shape index (κ2) is 10.7. The van der Waals surface area contributed by atoms with E-state index in [1.54, 1.807) is 0 Å². The van der Waals surface area contributed by atoms with Crippen molar-refractivity contribution in [3.63, 3.8) is 0 Å². The van der Waals surface area contributed by atoms with Crippen LogP contribution < -0.4 is 15.0 Å². The van der Waals surface area contributed by atoms with Crippen molar-refractivity contribution in [2.75, 3.05) is 49.5 Å². The van der Waals surface area contributed by atoms with E-state index < -0.39 is 0 Å². The summed E-state index contributed by atoms with van der Waals surface area (Å²) in [5.41, 5.74) is 1.68. The molecule has 3 aromatic rings. The maximum atomic E-state index is 12.6. The van der Waals surface area contributed by atoms with Gasteiger partial charge in [-0.1, -0.05) is 12.1 Å². The average molecular weight is 460 g/mol. The van der Waals surface area contributed by atoms with Crippen molar-refractivity contribution in [1.82, 2.24) is 14.9 Å². The van der Waals surface area contributed by atoms with Gasteiger partial charge in [0.1, 0.15) is 18.2 Å². The summed E-state index contributed by atoms with van der Waals surface area (Å²) in [6.07, 6.45) is 7.07. The molecule has 1 amide bonds. The van der Waals surface area contributed by atoms with Crippen molar-refractivity contribution in [3.8, 4) is 5.75 Å². The SMILES string of the molecule is O=C(c1ccc(OCCNc2nc(N3CCCCC3)nc3ccccc23)cc1)N1CCCCC1. The number of rotatable bonds is 7. The third-order valence-corrected chi connectivity index (χ3v) is 6.64. The van der Waals surface area contributed by atoms with Gasteiger partial charge in [0.15, 0.2) is 0 Å². The molecule has 1 aromatic heterocycles. The van der Waals surface area contributed by atoms with Gasteiger partial charge in [0.25, 0.3) is 5.91 Å². The van der Waals surface area contributed by atoms with E-state index in [1.807, 2.05) is 47.4 Å². The Morgan fingerprint density at radius 1 is 0.853 bits per heavy atom. The van der Waals surface area contributed by atoms with E-state index in [1.165, 1.54) is 25.7 Å². The fourth-order valence-corrected chi connectivity index (χ4v) is 4.75. The third-order valence-electron chi connectivity index (χ3n) is 6.64. The Morgan fingerprint density at radius 2 is 1.56 bits per heavy atom. The second-order valence-corrected chi connectivity index (χ2v) is 9.09. The van der Waals surface area contributed by atoms with Crippen LogP contribution in [0.15, 0.2) is 48.5 Å². The molecule has 1 N–H and O–H groups in total. The van der Waals surface area contributed by atoms with Crippen molar-refractivity contribution in [2.24, 2.45) is 0 Å². The molecule has 0 saturated carbocycles. The van der Waals surface area contributed by atoms with Crippen molar-refractivity contribution in [3.05, 3.63) is 54.1 Å². The van der Waals surface area contributed by atoms with Crippen molar-refractivity contribution in [1.29, 1.82) is 0 Å². The zero-order chi connectivity index (χ0) is 23.2. The number of hydrogen-bond donors (Lipinski definition) is 1. The van der Waals surface area contributed by atoms with Crippen LogP contribution in [0.1, 0.15) is 48.9 Å². The summed E-state index contributed by atoms with van der Waals surface area (Å²) in [6.45, 7) is 4.86. The number of fused-ring (bicyclic) bond motifs is 1. The fraction of sp³-hybridized carbons (Fsp3) is 0.444. The number of piperidine rings is 2. The minimum Gasteiger partial charge on any atom is -0.492 e. The molecular weight excluding hydrogens is 426 g/mol. The zero-order valence-corrected chi connectivity index (χ0v) is 19.7. The molecule has 7 nitrogen and oxygen atoms in total. The first-order valence-corrected chi connectivity index (χ1v) is 12.6. The number of benzene rings is 2. The summed E-state index contributed by atoms with van der Waals surface area (Å²) in [5, 5.41) is 4.46. The van der Waals surface area contributed by atoms with E-state index in [0.717, 1.165) is 73.0 Å². The first kappa shape index (κ1) is 22.4. The van der Waals surface area contributed by atoms with Gasteiger partial charge in [0, 0.05) is 37.1 Å². The summed E-state index contributed by atoms with van der Waals surface area (Å²) >= 11 is 0. The Bertz CT molecular complexity index is 1110.